The molecule has 0 radical (unpaired) electrons. The second kappa shape index (κ2) is 12.0. The van der Waals surface area contributed by atoms with Gasteiger partial charge in [-0.2, -0.15) is 5.26 Å². The van der Waals surface area contributed by atoms with Crippen molar-refractivity contribution in [1.82, 2.24) is 9.97 Å². The molecular weight excluding hydrogens is 647 g/mol. The van der Waals surface area contributed by atoms with Crippen LogP contribution in [0.15, 0.2) is 170 Å². The lowest BCUT2D eigenvalue weighted by molar-refractivity contribution is 0.436. The number of nitrogens with zero attached hydrogens (tertiary/aromatic N) is 3. The zero-order valence-corrected chi connectivity index (χ0v) is 28.9. The van der Waals surface area contributed by atoms with Gasteiger partial charge in [0.15, 0.2) is 5.82 Å². The SMILES string of the molecule is Cc1c(-c2ccccc2)nc(-c2ccccc2)nc1-c1ccc(-c2cccc3c2-c2cc(C#N)ccc2C32c3ccccc3Oc3ccccc32)cc1. The van der Waals surface area contributed by atoms with Crippen molar-refractivity contribution in [2.24, 2.45) is 0 Å². The average molecular weight is 678 g/mol. The first-order valence-electron chi connectivity index (χ1n) is 17.8. The summed E-state index contributed by atoms with van der Waals surface area (Å²) < 4.78 is 6.53. The minimum Gasteiger partial charge on any atom is -0.457 e. The van der Waals surface area contributed by atoms with Gasteiger partial charge in [0, 0.05) is 33.4 Å². The molecule has 1 aliphatic carbocycles. The number of rotatable bonds is 4. The highest BCUT2D eigenvalue weighted by Gasteiger charge is 2.51. The maximum atomic E-state index is 10.1. The number of fused-ring (bicyclic) bond motifs is 9. The molecule has 2 heterocycles. The second-order valence-corrected chi connectivity index (χ2v) is 13.6. The van der Waals surface area contributed by atoms with Gasteiger partial charge in [0.2, 0.25) is 0 Å². The van der Waals surface area contributed by atoms with E-state index in [1.807, 2.05) is 54.6 Å². The summed E-state index contributed by atoms with van der Waals surface area (Å²) in [6.45, 7) is 2.11. The molecule has 0 N–H and O–H groups in total. The summed E-state index contributed by atoms with van der Waals surface area (Å²) in [4.78, 5) is 10.2. The summed E-state index contributed by atoms with van der Waals surface area (Å²) in [6.07, 6.45) is 0. The lowest BCUT2D eigenvalue weighted by atomic mass is 9.66. The number of aromatic nitrogens is 2. The van der Waals surface area contributed by atoms with Crippen molar-refractivity contribution in [3.63, 3.8) is 0 Å². The first-order valence-corrected chi connectivity index (χ1v) is 17.8. The molecule has 0 unspecified atom stereocenters. The molecule has 10 rings (SSSR count). The highest BCUT2D eigenvalue weighted by atomic mass is 16.5. The van der Waals surface area contributed by atoms with Crippen molar-refractivity contribution in [2.75, 3.05) is 0 Å². The maximum absolute atomic E-state index is 10.1. The largest absolute Gasteiger partial charge is 0.457 e. The van der Waals surface area contributed by atoms with Gasteiger partial charge in [0.05, 0.1) is 28.4 Å². The van der Waals surface area contributed by atoms with E-state index in [-0.39, 0.29) is 0 Å². The van der Waals surface area contributed by atoms with E-state index in [1.54, 1.807) is 0 Å². The molecule has 53 heavy (non-hydrogen) atoms. The van der Waals surface area contributed by atoms with Crippen LogP contribution in [0.4, 0.5) is 0 Å². The summed E-state index contributed by atoms with van der Waals surface area (Å²) in [7, 11) is 0. The smallest absolute Gasteiger partial charge is 0.160 e. The number of hydrogen-bond donors (Lipinski definition) is 0. The molecule has 0 bridgehead atoms. The molecule has 1 aliphatic heterocycles. The number of benzene rings is 7. The van der Waals surface area contributed by atoms with Crippen LogP contribution in [0.3, 0.4) is 0 Å². The highest BCUT2D eigenvalue weighted by Crippen LogP contribution is 2.63. The van der Waals surface area contributed by atoms with Crippen LogP contribution in [-0.4, -0.2) is 9.97 Å². The molecule has 2 aliphatic rings. The van der Waals surface area contributed by atoms with E-state index in [0.717, 1.165) is 84.1 Å². The predicted octanol–water partition coefficient (Wildman–Crippen LogP) is 11.8. The predicted molar refractivity (Wildman–Crippen MR) is 211 cm³/mol. The minimum absolute atomic E-state index is 0.611. The Morgan fingerprint density at radius 1 is 0.491 bits per heavy atom. The molecule has 1 aromatic heterocycles. The lowest BCUT2D eigenvalue weighted by Crippen LogP contribution is -2.32. The number of ether oxygens (including phenoxy) is 1. The van der Waals surface area contributed by atoms with Gasteiger partial charge in [0.25, 0.3) is 0 Å². The zero-order chi connectivity index (χ0) is 35.5. The van der Waals surface area contributed by atoms with E-state index in [9.17, 15) is 5.26 Å². The van der Waals surface area contributed by atoms with E-state index >= 15 is 0 Å². The van der Waals surface area contributed by atoms with Crippen LogP contribution >= 0.6 is 0 Å². The zero-order valence-electron chi connectivity index (χ0n) is 28.9. The standard InChI is InChI=1S/C49H31N3O/c1-31-46(34-13-4-2-5-14-34)51-48(36-15-6-3-7-16-36)52-47(31)35-26-24-33(25-27-35)37-17-12-20-42-45(37)38-29-32(30-50)23-28-39(38)49(42)40-18-8-10-21-43(40)53-44-22-11-9-19-41(44)49/h2-29H,1H3. The molecule has 7 aromatic carbocycles. The quantitative estimate of drug-likeness (QED) is 0.186. The van der Waals surface area contributed by atoms with Crippen molar-refractivity contribution in [3.8, 4) is 73.7 Å². The van der Waals surface area contributed by atoms with Crippen molar-refractivity contribution < 1.29 is 4.74 Å². The third-order valence-corrected chi connectivity index (χ3v) is 10.8. The van der Waals surface area contributed by atoms with E-state index in [4.69, 9.17) is 14.7 Å². The van der Waals surface area contributed by atoms with Gasteiger partial charge in [-0.15, -0.1) is 0 Å². The summed E-state index contributed by atoms with van der Waals surface area (Å²) >= 11 is 0. The molecule has 0 amide bonds. The van der Waals surface area contributed by atoms with Gasteiger partial charge in [-0.05, 0) is 64.6 Å². The molecule has 4 heteroatoms. The minimum atomic E-state index is -0.611. The molecule has 248 valence electrons. The molecule has 1 spiro atoms. The fourth-order valence-corrected chi connectivity index (χ4v) is 8.46. The summed E-state index contributed by atoms with van der Waals surface area (Å²) in [6, 6.07) is 61.1. The maximum Gasteiger partial charge on any atom is 0.160 e. The van der Waals surface area contributed by atoms with Crippen molar-refractivity contribution in [3.05, 3.63) is 203 Å². The Balaban J connectivity index is 1.17. The summed E-state index contributed by atoms with van der Waals surface area (Å²) in [5.74, 6) is 2.38. The lowest BCUT2D eigenvalue weighted by Gasteiger charge is -2.39. The van der Waals surface area contributed by atoms with Gasteiger partial charge in [-0.25, -0.2) is 9.97 Å². The van der Waals surface area contributed by atoms with E-state index in [2.05, 4.69) is 128 Å². The Bertz CT molecular complexity index is 2720. The fraction of sp³-hybridized carbons (Fsp3) is 0.0408. The molecule has 4 nitrogen and oxygen atoms in total. The van der Waals surface area contributed by atoms with Crippen LogP contribution in [0.2, 0.25) is 0 Å². The Morgan fingerprint density at radius 3 is 1.68 bits per heavy atom. The Morgan fingerprint density at radius 2 is 1.04 bits per heavy atom. The molecule has 0 fully saturated rings. The van der Waals surface area contributed by atoms with Gasteiger partial charge in [-0.3, -0.25) is 0 Å². The first-order chi connectivity index (χ1) is 26.1. The molecule has 0 saturated carbocycles. The van der Waals surface area contributed by atoms with E-state index in [1.165, 1.54) is 5.56 Å². The van der Waals surface area contributed by atoms with Crippen molar-refractivity contribution in [2.45, 2.75) is 12.3 Å². The van der Waals surface area contributed by atoms with Crippen LogP contribution in [-0.2, 0) is 5.41 Å². The van der Waals surface area contributed by atoms with Crippen LogP contribution in [0.25, 0.3) is 56.2 Å². The van der Waals surface area contributed by atoms with Crippen LogP contribution < -0.4 is 4.74 Å². The second-order valence-electron chi connectivity index (χ2n) is 13.6. The molecular formula is C49H31N3O. The van der Waals surface area contributed by atoms with E-state index < -0.39 is 5.41 Å². The first kappa shape index (κ1) is 30.7. The number of hydrogen-bond acceptors (Lipinski definition) is 4. The van der Waals surface area contributed by atoms with Crippen LogP contribution in [0.5, 0.6) is 11.5 Å². The molecule has 0 saturated heterocycles. The number of para-hydroxylation sites is 2. The molecule has 8 aromatic rings. The van der Waals surface area contributed by atoms with Crippen LogP contribution in [0, 0.1) is 18.3 Å². The Kier molecular flexibility index (Phi) is 6.96. The summed E-state index contributed by atoms with van der Waals surface area (Å²) in [5, 5.41) is 10.1. The Labute approximate surface area is 308 Å². The topological polar surface area (TPSA) is 58.8 Å². The van der Waals surface area contributed by atoms with Gasteiger partial charge < -0.3 is 4.74 Å². The van der Waals surface area contributed by atoms with Gasteiger partial charge in [0.1, 0.15) is 11.5 Å². The van der Waals surface area contributed by atoms with Gasteiger partial charge >= 0.3 is 0 Å². The number of nitriles is 1. The third kappa shape index (κ3) is 4.61. The van der Waals surface area contributed by atoms with Crippen LogP contribution in [0.1, 0.15) is 33.4 Å². The van der Waals surface area contributed by atoms with E-state index in [0.29, 0.717) is 11.4 Å². The fourth-order valence-electron chi connectivity index (χ4n) is 8.46. The average Bonchev–Trinajstić information content (AvgIpc) is 3.52. The monoisotopic (exact) mass is 677 g/mol. The normalized spacial score (nSPS) is 12.9. The molecule has 0 atom stereocenters. The van der Waals surface area contributed by atoms with Crippen molar-refractivity contribution >= 4 is 0 Å². The van der Waals surface area contributed by atoms with Crippen molar-refractivity contribution in [1.29, 1.82) is 5.26 Å². The summed E-state index contributed by atoms with van der Waals surface area (Å²) in [5.41, 5.74) is 14.8. The highest BCUT2D eigenvalue weighted by molar-refractivity contribution is 5.97. The third-order valence-electron chi connectivity index (χ3n) is 10.8. The Hall–Kier alpha value is -7.09. The van der Waals surface area contributed by atoms with Gasteiger partial charge in [-0.1, -0.05) is 146 Å².